The van der Waals surface area contributed by atoms with Crippen LogP contribution in [0.1, 0.15) is 98.8 Å². The van der Waals surface area contributed by atoms with Gasteiger partial charge in [-0.05, 0) is 116 Å². The highest BCUT2D eigenvalue weighted by Gasteiger charge is 2.59. The first-order valence-electron chi connectivity index (χ1n) is 13.4. The van der Waals surface area contributed by atoms with Gasteiger partial charge in [-0.25, -0.2) is 0 Å². The molecule has 0 radical (unpaired) electrons. The highest BCUT2D eigenvalue weighted by atomic mass is 16.5. The monoisotopic (exact) mass is 438 g/mol. The molecule has 4 rings (SSSR count). The summed E-state index contributed by atoms with van der Waals surface area (Å²) in [5.74, 6) is 4.93. The van der Waals surface area contributed by atoms with Crippen LogP contribution < -0.4 is 0 Å². The molecule has 32 heavy (non-hydrogen) atoms. The Morgan fingerprint density at radius 1 is 0.969 bits per heavy atom. The van der Waals surface area contributed by atoms with Gasteiger partial charge in [0, 0.05) is 6.92 Å². The molecule has 178 valence electrons. The van der Waals surface area contributed by atoms with Crippen molar-refractivity contribution in [2.45, 2.75) is 98.8 Å². The van der Waals surface area contributed by atoms with Gasteiger partial charge in [-0.1, -0.05) is 52.3 Å². The highest BCUT2D eigenvalue weighted by molar-refractivity contribution is 5.66. The molecule has 0 N–H and O–H groups in total. The van der Waals surface area contributed by atoms with Crippen molar-refractivity contribution in [3.63, 3.8) is 0 Å². The molecule has 0 saturated heterocycles. The van der Waals surface area contributed by atoms with Gasteiger partial charge in [0.15, 0.2) is 0 Å². The topological polar surface area (TPSA) is 26.3 Å². The summed E-state index contributed by atoms with van der Waals surface area (Å²) in [4.78, 5) is 11.1. The van der Waals surface area contributed by atoms with E-state index in [-0.39, 0.29) is 5.97 Å². The van der Waals surface area contributed by atoms with E-state index in [0.29, 0.717) is 16.7 Å². The normalized spacial score (nSPS) is 42.7. The van der Waals surface area contributed by atoms with Crippen LogP contribution in [0, 0.1) is 46.3 Å². The average Bonchev–Trinajstić information content (AvgIpc) is 3.12. The second-order valence-electron chi connectivity index (χ2n) is 12.3. The molecule has 2 nitrogen and oxygen atoms in total. The smallest absolute Gasteiger partial charge is 0.307 e. The number of carbonyl (C=O) groups excluding carboxylic acids is 1. The summed E-state index contributed by atoms with van der Waals surface area (Å²) < 4.78 is 5.02. The zero-order chi connectivity index (χ0) is 23.1. The van der Waals surface area contributed by atoms with Crippen LogP contribution in [-0.2, 0) is 9.53 Å². The molecular formula is C30H46O2. The van der Waals surface area contributed by atoms with Crippen LogP contribution in [0.2, 0.25) is 0 Å². The summed E-state index contributed by atoms with van der Waals surface area (Å²) in [6, 6.07) is 0. The summed E-state index contributed by atoms with van der Waals surface area (Å²) in [6.45, 7) is 15.3. The molecule has 4 saturated carbocycles. The quantitative estimate of drug-likeness (QED) is 0.245. The number of ether oxygens (including phenoxy) is 1. The van der Waals surface area contributed by atoms with Crippen molar-refractivity contribution in [3.8, 4) is 0 Å². The molecule has 2 heteroatoms. The van der Waals surface area contributed by atoms with Crippen molar-refractivity contribution in [2.75, 3.05) is 0 Å². The molecule has 4 aliphatic rings. The number of hydrogen-bond acceptors (Lipinski definition) is 2. The Labute approximate surface area is 197 Å². The second kappa shape index (κ2) is 9.15. The maximum absolute atomic E-state index is 11.1. The fourth-order valence-corrected chi connectivity index (χ4v) is 8.98. The largest absolute Gasteiger partial charge is 0.434 e. The van der Waals surface area contributed by atoms with Crippen molar-refractivity contribution >= 4 is 5.97 Å². The molecule has 0 amide bonds. The van der Waals surface area contributed by atoms with Crippen molar-refractivity contribution in [2.24, 2.45) is 46.3 Å². The summed E-state index contributed by atoms with van der Waals surface area (Å²) in [5, 5.41) is 0. The minimum absolute atomic E-state index is 0.286. The molecule has 0 aromatic rings. The third kappa shape index (κ3) is 4.16. The Hall–Kier alpha value is -1.31. The number of esters is 1. The minimum atomic E-state index is -0.286. The predicted molar refractivity (Wildman–Crippen MR) is 133 cm³/mol. The fourth-order valence-electron chi connectivity index (χ4n) is 8.98. The van der Waals surface area contributed by atoms with Gasteiger partial charge in [0.05, 0.1) is 6.26 Å². The Kier molecular flexibility index (Phi) is 6.81. The number of carbonyl (C=O) groups is 1. The lowest BCUT2D eigenvalue weighted by molar-refractivity contribution is -0.135. The summed E-state index contributed by atoms with van der Waals surface area (Å²) >= 11 is 0. The van der Waals surface area contributed by atoms with E-state index in [1.807, 2.05) is 6.92 Å². The van der Waals surface area contributed by atoms with Crippen LogP contribution in [-0.4, -0.2) is 5.97 Å². The van der Waals surface area contributed by atoms with Gasteiger partial charge in [-0.15, -0.1) is 0 Å². The van der Waals surface area contributed by atoms with E-state index in [4.69, 9.17) is 4.74 Å². The van der Waals surface area contributed by atoms with Gasteiger partial charge in [-0.2, -0.15) is 0 Å². The molecule has 4 aliphatic carbocycles. The molecule has 0 aromatic carbocycles. The van der Waals surface area contributed by atoms with Crippen LogP contribution in [0.3, 0.4) is 0 Å². The van der Waals surface area contributed by atoms with Crippen molar-refractivity contribution < 1.29 is 9.53 Å². The number of fused-ring (bicyclic) bond motifs is 5. The summed E-state index contributed by atoms with van der Waals surface area (Å²) in [5.41, 5.74) is 2.98. The van der Waals surface area contributed by atoms with Gasteiger partial charge < -0.3 is 4.74 Å². The maximum atomic E-state index is 11.1. The van der Waals surface area contributed by atoms with Gasteiger partial charge in [-0.3, -0.25) is 4.79 Å². The van der Waals surface area contributed by atoms with E-state index >= 15 is 0 Å². The maximum Gasteiger partial charge on any atom is 0.307 e. The predicted octanol–water partition coefficient (Wildman–Crippen LogP) is 8.25. The van der Waals surface area contributed by atoms with Gasteiger partial charge >= 0.3 is 5.97 Å². The summed E-state index contributed by atoms with van der Waals surface area (Å²) in [7, 11) is 0. The molecular weight excluding hydrogens is 392 g/mol. The Bertz CT molecular complexity index is 791. The second-order valence-corrected chi connectivity index (χ2v) is 12.3. The van der Waals surface area contributed by atoms with E-state index in [0.717, 1.165) is 40.7 Å². The van der Waals surface area contributed by atoms with Crippen molar-refractivity contribution in [1.29, 1.82) is 0 Å². The number of rotatable bonds is 5. The molecule has 8 atom stereocenters. The Balaban J connectivity index is 1.45. The average molecular weight is 439 g/mol. The molecule has 1 unspecified atom stereocenters. The lowest BCUT2D eigenvalue weighted by atomic mass is 9.44. The van der Waals surface area contributed by atoms with Crippen LogP contribution in [0.15, 0.2) is 36.1 Å². The van der Waals surface area contributed by atoms with Gasteiger partial charge in [0.2, 0.25) is 0 Å². The van der Waals surface area contributed by atoms with Crippen LogP contribution in [0.5, 0.6) is 0 Å². The minimum Gasteiger partial charge on any atom is -0.434 e. The van der Waals surface area contributed by atoms with Crippen LogP contribution in [0.4, 0.5) is 0 Å². The molecule has 0 heterocycles. The van der Waals surface area contributed by atoms with Crippen molar-refractivity contribution in [1.82, 2.24) is 0 Å². The zero-order valence-corrected chi connectivity index (χ0v) is 21.3. The third-order valence-corrected chi connectivity index (χ3v) is 10.8. The van der Waals surface area contributed by atoms with Crippen LogP contribution >= 0.6 is 0 Å². The van der Waals surface area contributed by atoms with Gasteiger partial charge in [0.25, 0.3) is 0 Å². The number of allylic oxidation sites excluding steroid dienone is 4. The SMILES string of the molecule is C=C(C=C[C@@H](C)[C@H]1CC[C@H]2[C@@H]3CCC4CCCC[C@]4(C)[C@H]3CC[C@]12C)C(C)=COC(C)=O. The number of hydrogen-bond donors (Lipinski definition) is 0. The van der Waals surface area contributed by atoms with E-state index < -0.39 is 0 Å². The van der Waals surface area contributed by atoms with Crippen molar-refractivity contribution in [3.05, 3.63) is 36.1 Å². The van der Waals surface area contributed by atoms with Gasteiger partial charge in [0.1, 0.15) is 0 Å². The first kappa shape index (κ1) is 23.8. The molecule has 0 aromatic heterocycles. The Morgan fingerprint density at radius 2 is 1.72 bits per heavy atom. The lowest BCUT2D eigenvalue weighted by Gasteiger charge is -2.60. The van der Waals surface area contributed by atoms with E-state index in [1.165, 1.54) is 77.4 Å². The molecule has 4 fully saturated rings. The zero-order valence-electron chi connectivity index (χ0n) is 21.3. The summed E-state index contributed by atoms with van der Waals surface area (Å²) in [6.07, 6.45) is 20.7. The molecule has 0 spiro atoms. The first-order chi connectivity index (χ1) is 15.2. The fraction of sp³-hybridized carbons (Fsp3) is 0.767. The molecule has 0 aliphatic heterocycles. The lowest BCUT2D eigenvalue weighted by Crippen LogP contribution is -2.53. The van der Waals surface area contributed by atoms with E-state index in [9.17, 15) is 4.79 Å². The van der Waals surface area contributed by atoms with E-state index in [2.05, 4.69) is 39.5 Å². The highest BCUT2D eigenvalue weighted by Crippen LogP contribution is 2.68. The van der Waals surface area contributed by atoms with E-state index in [1.54, 1.807) is 0 Å². The molecule has 0 bridgehead atoms. The third-order valence-electron chi connectivity index (χ3n) is 10.8. The first-order valence-corrected chi connectivity index (χ1v) is 13.4. The van der Waals surface area contributed by atoms with Crippen LogP contribution in [0.25, 0.3) is 0 Å². The standard InChI is InChI=1S/C30H46O2/c1-20(22(3)19-32-23(4)31)10-11-21(2)26-14-15-27-25-13-12-24-9-7-8-17-29(24,5)28(25)16-18-30(26,27)6/h10-11,19,21,24-28H,1,7-9,12-18H2,2-6H3/t21-,24?,25+,26-,27+,28+,29+,30-/m1/s1. The Morgan fingerprint density at radius 3 is 2.47 bits per heavy atom.